The molecule has 0 saturated heterocycles. The summed E-state index contributed by atoms with van der Waals surface area (Å²) in [6.45, 7) is 0. The van der Waals surface area contributed by atoms with E-state index in [1.54, 1.807) is 0 Å². The number of hydrogen-bond donors (Lipinski definition) is 0. The Morgan fingerprint density at radius 2 is 0.636 bits per heavy atom. The highest BCUT2D eigenvalue weighted by molar-refractivity contribution is 7.89. The maximum atomic E-state index is 6.25. The molecule has 3 heteroatoms. The number of hydrogen-bond acceptors (Lipinski definition) is 3. The van der Waals surface area contributed by atoms with Crippen molar-refractivity contribution in [3.8, 4) is 0 Å². The molecule has 0 atom stereocenters. The predicted molar refractivity (Wildman–Crippen MR) is 138 cm³/mol. The Kier molecular flexibility index (Phi) is 9.19. The minimum atomic E-state index is 0.0221. The van der Waals surface area contributed by atoms with Crippen LogP contribution in [-0.4, -0.2) is 12.2 Å². The van der Waals surface area contributed by atoms with Crippen molar-refractivity contribution in [3.63, 3.8) is 0 Å². The van der Waals surface area contributed by atoms with Gasteiger partial charge in [0.15, 0.2) is 12.3 Å². The molecule has 0 saturated carbocycles. The maximum Gasteiger partial charge on any atom is 0.159 e. The van der Waals surface area contributed by atoms with Gasteiger partial charge in [-0.1, -0.05) is 121 Å². The van der Waals surface area contributed by atoms with Gasteiger partial charge in [0.05, 0.1) is 12.2 Å². The molecule has 0 spiro atoms. The second-order valence-corrected chi connectivity index (χ2v) is 8.78. The van der Waals surface area contributed by atoms with Gasteiger partial charge in [-0.25, -0.2) is 0 Å². The van der Waals surface area contributed by atoms with Crippen molar-refractivity contribution >= 4 is 12.3 Å². The SMILES string of the molecule is c1ccc(CC(Cc2ccccc2)OSOC(Cc2ccccc2)Cc2ccccc2)cc1. The van der Waals surface area contributed by atoms with Crippen molar-refractivity contribution in [2.45, 2.75) is 37.9 Å². The highest BCUT2D eigenvalue weighted by Crippen LogP contribution is 2.22. The number of benzene rings is 4. The lowest BCUT2D eigenvalue weighted by Gasteiger charge is -2.20. The van der Waals surface area contributed by atoms with E-state index in [2.05, 4.69) is 97.1 Å². The van der Waals surface area contributed by atoms with Gasteiger partial charge in [0, 0.05) is 25.7 Å². The van der Waals surface area contributed by atoms with E-state index in [1.807, 2.05) is 24.3 Å². The second kappa shape index (κ2) is 13.0. The van der Waals surface area contributed by atoms with E-state index in [0.717, 1.165) is 38.0 Å². The van der Waals surface area contributed by atoms with Crippen LogP contribution >= 0.6 is 12.3 Å². The second-order valence-electron chi connectivity index (χ2n) is 8.26. The number of rotatable bonds is 12. The molecule has 4 aromatic rings. The molecule has 0 unspecified atom stereocenters. The first-order chi connectivity index (χ1) is 16.3. The Labute approximate surface area is 202 Å². The fourth-order valence-corrected chi connectivity index (χ4v) is 4.46. The molecule has 0 heterocycles. The summed E-state index contributed by atoms with van der Waals surface area (Å²) in [5.41, 5.74) is 5.07. The molecular formula is C30H30O2S. The third-order valence-corrected chi connectivity index (χ3v) is 6.28. The monoisotopic (exact) mass is 454 g/mol. The van der Waals surface area contributed by atoms with Crippen LogP contribution in [0.25, 0.3) is 0 Å². The van der Waals surface area contributed by atoms with Gasteiger partial charge in [0.25, 0.3) is 0 Å². The van der Waals surface area contributed by atoms with Crippen LogP contribution in [0, 0.1) is 0 Å². The fraction of sp³-hybridized carbons (Fsp3) is 0.200. The fourth-order valence-electron chi connectivity index (χ4n) is 3.92. The summed E-state index contributed by atoms with van der Waals surface area (Å²) >= 11 is 1.15. The Balaban J connectivity index is 1.40. The molecule has 0 aliphatic heterocycles. The van der Waals surface area contributed by atoms with Crippen LogP contribution in [0.4, 0.5) is 0 Å². The summed E-state index contributed by atoms with van der Waals surface area (Å²) in [6.07, 6.45) is 3.41. The third-order valence-electron chi connectivity index (χ3n) is 5.58. The summed E-state index contributed by atoms with van der Waals surface area (Å²) < 4.78 is 12.5. The summed E-state index contributed by atoms with van der Waals surface area (Å²) in [5.74, 6) is 0. The average Bonchev–Trinajstić information content (AvgIpc) is 2.86. The van der Waals surface area contributed by atoms with E-state index in [4.69, 9.17) is 8.37 Å². The molecular weight excluding hydrogens is 424 g/mol. The Bertz CT molecular complexity index is 870. The van der Waals surface area contributed by atoms with Crippen LogP contribution in [0.1, 0.15) is 22.3 Å². The van der Waals surface area contributed by atoms with E-state index in [1.165, 1.54) is 22.3 Å². The van der Waals surface area contributed by atoms with Crippen molar-refractivity contribution in [2.75, 3.05) is 0 Å². The zero-order chi connectivity index (χ0) is 22.6. The van der Waals surface area contributed by atoms with Crippen LogP contribution in [-0.2, 0) is 34.0 Å². The molecule has 4 rings (SSSR count). The third kappa shape index (κ3) is 8.21. The first-order valence-electron chi connectivity index (χ1n) is 11.5. The Morgan fingerprint density at radius 3 is 0.879 bits per heavy atom. The van der Waals surface area contributed by atoms with Crippen molar-refractivity contribution in [1.29, 1.82) is 0 Å². The lowest BCUT2D eigenvalue weighted by atomic mass is 10.0. The molecule has 0 radical (unpaired) electrons. The van der Waals surface area contributed by atoms with Gasteiger partial charge in [-0.05, 0) is 22.3 Å². The van der Waals surface area contributed by atoms with Gasteiger partial charge in [0.1, 0.15) is 0 Å². The maximum absolute atomic E-state index is 6.25. The minimum absolute atomic E-state index is 0.0221. The largest absolute Gasteiger partial charge is 0.287 e. The normalized spacial score (nSPS) is 11.2. The summed E-state index contributed by atoms with van der Waals surface area (Å²) in [4.78, 5) is 0. The Hall–Kier alpha value is -2.85. The average molecular weight is 455 g/mol. The minimum Gasteiger partial charge on any atom is -0.287 e. The van der Waals surface area contributed by atoms with Crippen LogP contribution in [0.5, 0.6) is 0 Å². The van der Waals surface area contributed by atoms with Crippen molar-refractivity contribution in [3.05, 3.63) is 144 Å². The van der Waals surface area contributed by atoms with Crippen LogP contribution in [0.3, 0.4) is 0 Å². The quantitative estimate of drug-likeness (QED) is 0.209. The lowest BCUT2D eigenvalue weighted by molar-refractivity contribution is 0.171. The predicted octanol–water partition coefficient (Wildman–Crippen LogP) is 7.29. The zero-order valence-corrected chi connectivity index (χ0v) is 19.6. The summed E-state index contributed by atoms with van der Waals surface area (Å²) in [7, 11) is 0. The smallest absolute Gasteiger partial charge is 0.159 e. The highest BCUT2D eigenvalue weighted by atomic mass is 32.2. The van der Waals surface area contributed by atoms with Gasteiger partial charge in [-0.2, -0.15) is 0 Å². The van der Waals surface area contributed by atoms with E-state index in [9.17, 15) is 0 Å². The first kappa shape index (κ1) is 23.3. The van der Waals surface area contributed by atoms with Gasteiger partial charge in [-0.3, -0.25) is 8.37 Å². The standard InChI is InChI=1S/C30H30O2S/c1-5-13-25(14-6-1)21-29(22-26-15-7-2-8-16-26)31-33-32-30(23-27-17-9-3-10-18-27)24-28-19-11-4-12-20-28/h1-20,29-30H,21-24H2. The molecule has 0 amide bonds. The van der Waals surface area contributed by atoms with Crippen LogP contribution < -0.4 is 0 Å². The molecule has 0 aromatic heterocycles. The van der Waals surface area contributed by atoms with E-state index in [0.29, 0.717) is 0 Å². The highest BCUT2D eigenvalue weighted by Gasteiger charge is 2.17. The van der Waals surface area contributed by atoms with Crippen molar-refractivity contribution < 1.29 is 8.37 Å². The van der Waals surface area contributed by atoms with E-state index in [-0.39, 0.29) is 12.2 Å². The molecule has 0 aliphatic carbocycles. The van der Waals surface area contributed by atoms with E-state index < -0.39 is 0 Å². The lowest BCUT2D eigenvalue weighted by Crippen LogP contribution is -2.20. The molecule has 33 heavy (non-hydrogen) atoms. The molecule has 2 nitrogen and oxygen atoms in total. The molecule has 168 valence electrons. The summed E-state index contributed by atoms with van der Waals surface area (Å²) in [6, 6.07) is 42.0. The zero-order valence-electron chi connectivity index (χ0n) is 18.8. The molecule has 0 bridgehead atoms. The van der Waals surface area contributed by atoms with Crippen molar-refractivity contribution in [1.82, 2.24) is 0 Å². The molecule has 0 fully saturated rings. The Morgan fingerprint density at radius 1 is 0.394 bits per heavy atom. The first-order valence-corrected chi connectivity index (χ1v) is 12.2. The molecule has 4 aromatic carbocycles. The molecule has 0 N–H and O–H groups in total. The van der Waals surface area contributed by atoms with Crippen molar-refractivity contribution in [2.24, 2.45) is 0 Å². The topological polar surface area (TPSA) is 18.5 Å². The van der Waals surface area contributed by atoms with Gasteiger partial charge >= 0.3 is 0 Å². The van der Waals surface area contributed by atoms with Gasteiger partial charge in [0.2, 0.25) is 0 Å². The van der Waals surface area contributed by atoms with E-state index >= 15 is 0 Å². The van der Waals surface area contributed by atoms with Gasteiger partial charge < -0.3 is 0 Å². The summed E-state index contributed by atoms with van der Waals surface area (Å²) in [5, 5.41) is 0. The molecule has 0 aliphatic rings. The van der Waals surface area contributed by atoms with Gasteiger partial charge in [-0.15, -0.1) is 0 Å². The van der Waals surface area contributed by atoms with Crippen LogP contribution in [0.15, 0.2) is 121 Å². The van der Waals surface area contributed by atoms with Crippen LogP contribution in [0.2, 0.25) is 0 Å².